The third-order valence-corrected chi connectivity index (χ3v) is 5.20. The number of amides is 3. The summed E-state index contributed by atoms with van der Waals surface area (Å²) in [5, 5.41) is 8.72. The molecule has 27 heavy (non-hydrogen) atoms. The van der Waals surface area contributed by atoms with Crippen LogP contribution >= 0.6 is 0 Å². The lowest BCUT2D eigenvalue weighted by Gasteiger charge is -2.16. The number of rotatable bonds is 7. The molecule has 0 atom stereocenters. The van der Waals surface area contributed by atoms with E-state index in [1.54, 1.807) is 17.0 Å². The second-order valence-electron chi connectivity index (χ2n) is 7.22. The lowest BCUT2D eigenvalue weighted by atomic mass is 10.1. The molecular formula is C20H28N4O3. The van der Waals surface area contributed by atoms with Crippen molar-refractivity contribution < 1.29 is 14.4 Å². The van der Waals surface area contributed by atoms with Crippen LogP contribution in [-0.4, -0.2) is 54.8 Å². The molecule has 0 radical (unpaired) electrons. The first-order valence-electron chi connectivity index (χ1n) is 9.82. The van der Waals surface area contributed by atoms with Crippen LogP contribution in [0.15, 0.2) is 24.3 Å². The monoisotopic (exact) mass is 372 g/mol. The molecule has 1 aliphatic heterocycles. The highest BCUT2D eigenvalue weighted by atomic mass is 16.2. The van der Waals surface area contributed by atoms with Gasteiger partial charge in [0.2, 0.25) is 11.8 Å². The standard InChI is InChI=1S/C20H28N4O3/c25-18(22-14-19(26)24-11-5-6-12-24)13-21-17-10-4-3-9-16(17)20(27)23-15-7-1-2-8-15/h3-4,9-10,15,21H,1-2,5-8,11-14H2,(H,22,25)(H,23,27). The van der Waals surface area contributed by atoms with Gasteiger partial charge in [-0.15, -0.1) is 0 Å². The van der Waals surface area contributed by atoms with Crippen LogP contribution < -0.4 is 16.0 Å². The molecule has 2 aliphatic rings. The molecule has 1 saturated carbocycles. The molecule has 7 nitrogen and oxygen atoms in total. The van der Waals surface area contributed by atoms with Crippen molar-refractivity contribution in [1.82, 2.24) is 15.5 Å². The number of anilines is 1. The van der Waals surface area contributed by atoms with Crippen molar-refractivity contribution >= 4 is 23.4 Å². The first-order valence-corrected chi connectivity index (χ1v) is 9.82. The predicted octanol–water partition coefficient (Wildman–Crippen LogP) is 1.51. The fourth-order valence-corrected chi connectivity index (χ4v) is 3.66. The Morgan fingerprint density at radius 1 is 0.963 bits per heavy atom. The molecule has 0 unspecified atom stereocenters. The van der Waals surface area contributed by atoms with E-state index in [0.29, 0.717) is 11.3 Å². The number of nitrogens with one attached hydrogen (secondary N) is 3. The molecule has 3 N–H and O–H groups in total. The molecule has 1 aromatic rings. The van der Waals surface area contributed by atoms with Crippen LogP contribution in [0.25, 0.3) is 0 Å². The normalized spacial score (nSPS) is 17.0. The van der Waals surface area contributed by atoms with E-state index in [2.05, 4.69) is 16.0 Å². The van der Waals surface area contributed by atoms with Crippen molar-refractivity contribution in [2.24, 2.45) is 0 Å². The molecule has 0 bridgehead atoms. The molecule has 3 rings (SSSR count). The molecule has 0 aromatic heterocycles. The number of benzene rings is 1. The van der Waals surface area contributed by atoms with Gasteiger partial charge in [-0.1, -0.05) is 25.0 Å². The van der Waals surface area contributed by atoms with Crippen LogP contribution in [-0.2, 0) is 9.59 Å². The van der Waals surface area contributed by atoms with Gasteiger partial charge in [0, 0.05) is 24.8 Å². The zero-order valence-corrected chi connectivity index (χ0v) is 15.6. The molecule has 0 spiro atoms. The van der Waals surface area contributed by atoms with Crippen LogP contribution in [0, 0.1) is 0 Å². The number of carbonyl (C=O) groups excluding carboxylic acids is 3. The molecule has 7 heteroatoms. The minimum atomic E-state index is -0.270. The van der Waals surface area contributed by atoms with Crippen molar-refractivity contribution in [2.45, 2.75) is 44.6 Å². The molecule has 1 heterocycles. The van der Waals surface area contributed by atoms with Crippen LogP contribution in [0.1, 0.15) is 48.9 Å². The second kappa shape index (κ2) is 9.39. The highest BCUT2D eigenvalue weighted by Crippen LogP contribution is 2.20. The minimum Gasteiger partial charge on any atom is -0.376 e. The van der Waals surface area contributed by atoms with Gasteiger partial charge in [0.25, 0.3) is 5.91 Å². The average Bonchev–Trinajstić information content (AvgIpc) is 3.38. The Kier molecular flexibility index (Phi) is 6.68. The van der Waals surface area contributed by atoms with Crippen LogP contribution in [0.4, 0.5) is 5.69 Å². The van der Waals surface area contributed by atoms with Crippen molar-refractivity contribution in [3.05, 3.63) is 29.8 Å². The Labute approximate surface area is 159 Å². The lowest BCUT2D eigenvalue weighted by molar-refractivity contribution is -0.131. The lowest BCUT2D eigenvalue weighted by Crippen LogP contribution is -2.40. The summed E-state index contributed by atoms with van der Waals surface area (Å²) in [6.07, 6.45) is 6.41. The van der Waals surface area contributed by atoms with Gasteiger partial charge < -0.3 is 20.9 Å². The topological polar surface area (TPSA) is 90.5 Å². The maximum absolute atomic E-state index is 12.5. The van der Waals surface area contributed by atoms with Gasteiger partial charge in [-0.25, -0.2) is 0 Å². The number of likely N-dealkylation sites (tertiary alicyclic amines) is 1. The second-order valence-corrected chi connectivity index (χ2v) is 7.22. The Bertz CT molecular complexity index is 680. The number of carbonyl (C=O) groups is 3. The highest BCUT2D eigenvalue weighted by Gasteiger charge is 2.20. The van der Waals surface area contributed by atoms with E-state index in [0.717, 1.165) is 51.6 Å². The molecule has 146 valence electrons. The zero-order valence-electron chi connectivity index (χ0n) is 15.6. The Morgan fingerprint density at radius 3 is 2.41 bits per heavy atom. The summed E-state index contributed by atoms with van der Waals surface area (Å²) < 4.78 is 0. The Morgan fingerprint density at radius 2 is 1.67 bits per heavy atom. The van der Waals surface area contributed by atoms with E-state index in [1.807, 2.05) is 12.1 Å². The van der Waals surface area contributed by atoms with E-state index in [1.165, 1.54) is 0 Å². The molecule has 1 aromatic carbocycles. The summed E-state index contributed by atoms with van der Waals surface area (Å²) >= 11 is 0. The highest BCUT2D eigenvalue weighted by molar-refractivity contribution is 6.00. The van der Waals surface area contributed by atoms with Crippen molar-refractivity contribution in [3.8, 4) is 0 Å². The SMILES string of the molecule is O=C(CNc1ccccc1C(=O)NC1CCCC1)NCC(=O)N1CCCC1. The van der Waals surface area contributed by atoms with E-state index < -0.39 is 0 Å². The maximum Gasteiger partial charge on any atom is 0.253 e. The van der Waals surface area contributed by atoms with Gasteiger partial charge in [-0.05, 0) is 37.8 Å². The molecule has 3 amide bonds. The predicted molar refractivity (Wildman–Crippen MR) is 103 cm³/mol. The summed E-state index contributed by atoms with van der Waals surface area (Å²) in [6.45, 7) is 1.58. The van der Waals surface area contributed by atoms with E-state index >= 15 is 0 Å². The zero-order chi connectivity index (χ0) is 19.1. The number of nitrogens with zero attached hydrogens (tertiary/aromatic N) is 1. The van der Waals surface area contributed by atoms with Crippen LogP contribution in [0.3, 0.4) is 0 Å². The first-order chi connectivity index (χ1) is 13.1. The van der Waals surface area contributed by atoms with Gasteiger partial charge in [0.05, 0.1) is 18.7 Å². The summed E-state index contributed by atoms with van der Waals surface area (Å²) in [5.74, 6) is -0.430. The van der Waals surface area contributed by atoms with E-state index in [-0.39, 0.29) is 36.9 Å². The van der Waals surface area contributed by atoms with Crippen molar-refractivity contribution in [1.29, 1.82) is 0 Å². The third kappa shape index (κ3) is 5.45. The average molecular weight is 372 g/mol. The third-order valence-electron chi connectivity index (χ3n) is 5.20. The van der Waals surface area contributed by atoms with Gasteiger partial charge >= 0.3 is 0 Å². The number of hydrogen-bond donors (Lipinski definition) is 3. The van der Waals surface area contributed by atoms with Gasteiger partial charge in [0.1, 0.15) is 0 Å². The van der Waals surface area contributed by atoms with E-state index in [9.17, 15) is 14.4 Å². The molecule has 1 saturated heterocycles. The van der Waals surface area contributed by atoms with Crippen molar-refractivity contribution in [3.63, 3.8) is 0 Å². The van der Waals surface area contributed by atoms with Gasteiger partial charge in [0.15, 0.2) is 0 Å². The molecule has 1 aliphatic carbocycles. The Hall–Kier alpha value is -2.57. The fourth-order valence-electron chi connectivity index (χ4n) is 3.66. The van der Waals surface area contributed by atoms with Crippen LogP contribution in [0.5, 0.6) is 0 Å². The summed E-state index contributed by atoms with van der Waals surface area (Å²) in [4.78, 5) is 38.3. The largest absolute Gasteiger partial charge is 0.376 e. The summed E-state index contributed by atoms with van der Waals surface area (Å²) in [5.41, 5.74) is 1.15. The smallest absolute Gasteiger partial charge is 0.253 e. The minimum absolute atomic E-state index is 0.0149. The van der Waals surface area contributed by atoms with Crippen LogP contribution in [0.2, 0.25) is 0 Å². The van der Waals surface area contributed by atoms with Crippen molar-refractivity contribution in [2.75, 3.05) is 31.5 Å². The maximum atomic E-state index is 12.5. The Balaban J connectivity index is 1.47. The van der Waals surface area contributed by atoms with Gasteiger partial charge in [-0.3, -0.25) is 14.4 Å². The summed E-state index contributed by atoms with van der Waals surface area (Å²) in [7, 11) is 0. The molecular weight excluding hydrogens is 344 g/mol. The number of para-hydroxylation sites is 1. The first kappa shape index (κ1) is 19.2. The quantitative estimate of drug-likeness (QED) is 0.677. The van der Waals surface area contributed by atoms with Gasteiger partial charge in [-0.2, -0.15) is 0 Å². The molecule has 2 fully saturated rings. The fraction of sp³-hybridized carbons (Fsp3) is 0.550. The summed E-state index contributed by atoms with van der Waals surface area (Å²) in [6, 6.07) is 7.41. The van der Waals surface area contributed by atoms with E-state index in [4.69, 9.17) is 0 Å². The number of hydrogen-bond acceptors (Lipinski definition) is 4.